The van der Waals surface area contributed by atoms with E-state index in [-0.39, 0.29) is 10.5 Å². The van der Waals surface area contributed by atoms with E-state index in [9.17, 15) is 27.6 Å². The minimum Gasteiger partial charge on any atom is -0.458 e. The van der Waals surface area contributed by atoms with E-state index in [0.717, 1.165) is 0 Å². The molecule has 0 radical (unpaired) electrons. The number of rotatable bonds is 5. The summed E-state index contributed by atoms with van der Waals surface area (Å²) >= 11 is 0. The maximum Gasteiger partial charge on any atom is 0.488 e. The van der Waals surface area contributed by atoms with Crippen molar-refractivity contribution < 1.29 is 37.0 Å². The Labute approximate surface area is 219 Å². The average Bonchev–Trinajstić information content (AvgIpc) is 3.19. The molecule has 0 fully saturated rings. The standard InChI is InChI=1S/C28H31F3N2O5/c1-26(2,3)37-24(35)22(16-18-10-8-7-9-11-18)33(28(29,30)31)23(34)20-12-13-21-19(17-20)14-15-32(21)25(36)38-27(4,5)6/h7-15,17,22H,16H2,1-6H3/t22-/m0/s1. The predicted molar refractivity (Wildman–Crippen MR) is 136 cm³/mol. The highest BCUT2D eigenvalue weighted by molar-refractivity contribution is 6.01. The van der Waals surface area contributed by atoms with Crippen LogP contribution in [0, 0.1) is 0 Å². The van der Waals surface area contributed by atoms with Gasteiger partial charge in [0.1, 0.15) is 17.2 Å². The fraction of sp³-hybridized carbons (Fsp3) is 0.393. The van der Waals surface area contributed by atoms with Crippen LogP contribution in [-0.2, 0) is 20.7 Å². The van der Waals surface area contributed by atoms with E-state index in [1.807, 2.05) is 0 Å². The molecule has 0 saturated heterocycles. The molecule has 0 N–H and O–H groups in total. The zero-order valence-corrected chi connectivity index (χ0v) is 22.1. The number of esters is 1. The number of aromatic nitrogens is 1. The predicted octanol–water partition coefficient (Wildman–Crippen LogP) is 6.34. The Morgan fingerprint density at radius 1 is 0.868 bits per heavy atom. The number of carbonyl (C=O) groups excluding carboxylic acids is 3. The van der Waals surface area contributed by atoms with Gasteiger partial charge < -0.3 is 9.47 Å². The van der Waals surface area contributed by atoms with E-state index in [4.69, 9.17) is 9.47 Å². The highest BCUT2D eigenvalue weighted by Gasteiger charge is 2.49. The Balaban J connectivity index is 2.03. The lowest BCUT2D eigenvalue weighted by Crippen LogP contribution is -2.55. The Morgan fingerprint density at radius 2 is 1.47 bits per heavy atom. The summed E-state index contributed by atoms with van der Waals surface area (Å²) in [6, 6.07) is 11.4. The first-order chi connectivity index (χ1) is 17.5. The number of carbonyl (C=O) groups is 3. The molecule has 7 nitrogen and oxygen atoms in total. The number of benzene rings is 2. The van der Waals surface area contributed by atoms with Crippen molar-refractivity contribution in [2.75, 3.05) is 0 Å². The van der Waals surface area contributed by atoms with Crippen LogP contribution in [0.2, 0.25) is 0 Å². The molecule has 1 atom stereocenters. The number of halogens is 3. The molecule has 3 rings (SSSR count). The van der Waals surface area contributed by atoms with Gasteiger partial charge in [0, 0.05) is 23.6 Å². The Bertz CT molecular complexity index is 1320. The quantitative estimate of drug-likeness (QED) is 0.283. The molecule has 38 heavy (non-hydrogen) atoms. The molecule has 1 amide bonds. The van der Waals surface area contributed by atoms with E-state index in [0.29, 0.717) is 16.5 Å². The molecule has 0 aliphatic rings. The van der Waals surface area contributed by atoms with Gasteiger partial charge in [-0.15, -0.1) is 13.2 Å². The van der Waals surface area contributed by atoms with Crippen molar-refractivity contribution in [1.82, 2.24) is 9.47 Å². The van der Waals surface area contributed by atoms with E-state index >= 15 is 0 Å². The van der Waals surface area contributed by atoms with Crippen molar-refractivity contribution in [1.29, 1.82) is 0 Å². The van der Waals surface area contributed by atoms with E-state index in [1.54, 1.807) is 51.1 Å². The highest BCUT2D eigenvalue weighted by Crippen LogP contribution is 2.30. The number of ether oxygens (including phenoxy) is 2. The minimum absolute atomic E-state index is 0.307. The normalized spacial score (nSPS) is 13.2. The van der Waals surface area contributed by atoms with Gasteiger partial charge in [-0.3, -0.25) is 9.36 Å². The molecule has 0 saturated carbocycles. The first kappa shape index (κ1) is 28.7. The van der Waals surface area contributed by atoms with Crippen molar-refractivity contribution in [2.24, 2.45) is 0 Å². The van der Waals surface area contributed by atoms with Crippen LogP contribution >= 0.6 is 0 Å². The summed E-state index contributed by atoms with van der Waals surface area (Å²) in [5.74, 6) is -2.60. The van der Waals surface area contributed by atoms with Crippen LogP contribution in [0.3, 0.4) is 0 Å². The Morgan fingerprint density at radius 3 is 2.03 bits per heavy atom. The van der Waals surface area contributed by atoms with Crippen LogP contribution in [0.15, 0.2) is 60.8 Å². The fourth-order valence-electron chi connectivity index (χ4n) is 3.81. The van der Waals surface area contributed by atoms with Crippen molar-refractivity contribution in [2.45, 2.75) is 71.5 Å². The summed E-state index contributed by atoms with van der Waals surface area (Å²) in [5.41, 5.74) is -1.36. The third kappa shape index (κ3) is 7.14. The van der Waals surface area contributed by atoms with Crippen molar-refractivity contribution in [3.8, 4) is 0 Å². The summed E-state index contributed by atoms with van der Waals surface area (Å²) in [6.45, 7) is 9.72. The van der Waals surface area contributed by atoms with Gasteiger partial charge in [-0.05, 0) is 71.4 Å². The zero-order valence-electron chi connectivity index (χ0n) is 22.1. The van der Waals surface area contributed by atoms with Gasteiger partial charge in [-0.1, -0.05) is 30.3 Å². The molecular formula is C28H31F3N2O5. The summed E-state index contributed by atoms with van der Waals surface area (Å²) < 4.78 is 55.1. The molecule has 1 heterocycles. The second-order valence-corrected chi connectivity index (χ2v) is 10.8. The summed E-state index contributed by atoms with van der Waals surface area (Å²) in [6.07, 6.45) is -4.85. The second-order valence-electron chi connectivity index (χ2n) is 10.8. The van der Waals surface area contributed by atoms with Crippen LogP contribution in [0.1, 0.15) is 57.5 Å². The maximum absolute atomic E-state index is 14.4. The summed E-state index contributed by atoms with van der Waals surface area (Å²) in [7, 11) is 0. The second kappa shape index (κ2) is 10.5. The van der Waals surface area contributed by atoms with Crippen LogP contribution in [-0.4, -0.2) is 51.0 Å². The Hall–Kier alpha value is -3.82. The SMILES string of the molecule is CC(C)(C)OC(=O)[C@H](Cc1ccccc1)N(C(=O)c1ccc2c(ccn2C(=O)OC(C)(C)C)c1)C(F)(F)F. The summed E-state index contributed by atoms with van der Waals surface area (Å²) in [5, 5.41) is 0.348. The van der Waals surface area contributed by atoms with Gasteiger partial charge >= 0.3 is 18.4 Å². The molecule has 3 aromatic rings. The molecule has 204 valence electrons. The van der Waals surface area contributed by atoms with Crippen LogP contribution in [0.5, 0.6) is 0 Å². The molecule has 2 aromatic carbocycles. The van der Waals surface area contributed by atoms with E-state index in [1.165, 1.54) is 55.8 Å². The van der Waals surface area contributed by atoms with Crippen molar-refractivity contribution >= 4 is 28.9 Å². The van der Waals surface area contributed by atoms with Gasteiger partial charge in [-0.25, -0.2) is 14.5 Å². The first-order valence-corrected chi connectivity index (χ1v) is 12.0. The number of hydrogen-bond donors (Lipinski definition) is 0. The van der Waals surface area contributed by atoms with Crippen molar-refractivity contribution in [3.05, 3.63) is 71.9 Å². The number of hydrogen-bond acceptors (Lipinski definition) is 5. The van der Waals surface area contributed by atoms with Crippen LogP contribution in [0.4, 0.5) is 18.0 Å². The topological polar surface area (TPSA) is 77.8 Å². The Kier molecular flexibility index (Phi) is 7.95. The lowest BCUT2D eigenvalue weighted by molar-refractivity contribution is -0.241. The minimum atomic E-state index is -5.19. The molecule has 10 heteroatoms. The lowest BCUT2D eigenvalue weighted by Gasteiger charge is -2.33. The number of fused-ring (bicyclic) bond motifs is 1. The van der Waals surface area contributed by atoms with Gasteiger partial charge in [0.2, 0.25) is 0 Å². The van der Waals surface area contributed by atoms with E-state index < -0.39 is 47.9 Å². The molecule has 0 unspecified atom stereocenters. The van der Waals surface area contributed by atoms with Gasteiger partial charge in [0.15, 0.2) is 0 Å². The first-order valence-electron chi connectivity index (χ1n) is 12.0. The molecule has 1 aromatic heterocycles. The summed E-state index contributed by atoms with van der Waals surface area (Å²) in [4.78, 5) is 38.5. The number of amides is 1. The molecule has 0 aliphatic carbocycles. The largest absolute Gasteiger partial charge is 0.488 e. The van der Waals surface area contributed by atoms with Crippen LogP contribution in [0.25, 0.3) is 10.9 Å². The highest BCUT2D eigenvalue weighted by atomic mass is 19.4. The number of alkyl halides is 3. The molecule has 0 spiro atoms. The van der Waals surface area contributed by atoms with E-state index in [2.05, 4.69) is 0 Å². The van der Waals surface area contributed by atoms with Crippen molar-refractivity contribution in [3.63, 3.8) is 0 Å². The molecular weight excluding hydrogens is 501 g/mol. The maximum atomic E-state index is 14.4. The smallest absolute Gasteiger partial charge is 0.458 e. The monoisotopic (exact) mass is 532 g/mol. The third-order valence-electron chi connectivity index (χ3n) is 5.28. The zero-order chi connectivity index (χ0) is 28.5. The third-order valence-corrected chi connectivity index (χ3v) is 5.28. The lowest BCUT2D eigenvalue weighted by atomic mass is 10.0. The number of nitrogens with zero attached hydrogens (tertiary/aromatic N) is 2. The molecule has 0 aliphatic heterocycles. The van der Waals surface area contributed by atoms with Crippen LogP contribution < -0.4 is 0 Å². The van der Waals surface area contributed by atoms with Gasteiger partial charge in [0.05, 0.1) is 5.52 Å². The fourth-order valence-corrected chi connectivity index (χ4v) is 3.81. The van der Waals surface area contributed by atoms with Gasteiger partial charge in [0.25, 0.3) is 5.91 Å². The molecule has 0 bridgehead atoms. The average molecular weight is 533 g/mol. The van der Waals surface area contributed by atoms with Gasteiger partial charge in [-0.2, -0.15) is 0 Å².